The van der Waals surface area contributed by atoms with Crippen LogP contribution in [0.1, 0.15) is 44.9 Å². The van der Waals surface area contributed by atoms with E-state index in [0.717, 1.165) is 45.4 Å². The van der Waals surface area contributed by atoms with Gasteiger partial charge in [-0.05, 0) is 31.7 Å². The maximum absolute atomic E-state index is 13.2. The normalized spacial score (nSPS) is 38.9. The highest BCUT2D eigenvalue weighted by Gasteiger charge is 2.47. The van der Waals surface area contributed by atoms with Crippen LogP contribution in [0.15, 0.2) is 0 Å². The van der Waals surface area contributed by atoms with E-state index in [1.54, 1.807) is 0 Å². The summed E-state index contributed by atoms with van der Waals surface area (Å²) >= 11 is 0. The summed E-state index contributed by atoms with van der Waals surface area (Å²) < 4.78 is 6.42. The van der Waals surface area contributed by atoms with Crippen molar-refractivity contribution in [2.75, 3.05) is 26.2 Å². The third-order valence-electron chi connectivity index (χ3n) is 6.80. The Morgan fingerprint density at radius 1 is 1.24 bits per heavy atom. The van der Waals surface area contributed by atoms with Gasteiger partial charge in [0.15, 0.2) is 0 Å². The first-order chi connectivity index (χ1) is 14.2. The molecule has 0 aromatic rings. The molecule has 4 rings (SSSR count). The number of nitrogens with zero attached hydrogens (tertiary/aromatic N) is 2. The van der Waals surface area contributed by atoms with Gasteiger partial charge in [-0.1, -0.05) is 19.3 Å². The molecule has 0 radical (unpaired) electrons. The van der Waals surface area contributed by atoms with Crippen molar-refractivity contribution in [2.45, 2.75) is 75.5 Å². The molecule has 6 atom stereocenters. The number of fused-ring (bicyclic) bond motifs is 1. The largest absolute Gasteiger partial charge is 0.373 e. The van der Waals surface area contributed by atoms with Crippen LogP contribution in [0.3, 0.4) is 0 Å². The molecule has 4 aliphatic rings. The molecule has 9 nitrogen and oxygen atoms in total. The van der Waals surface area contributed by atoms with Crippen LogP contribution < -0.4 is 27.1 Å². The minimum Gasteiger partial charge on any atom is -0.373 e. The van der Waals surface area contributed by atoms with E-state index in [0.29, 0.717) is 12.5 Å². The predicted molar refractivity (Wildman–Crippen MR) is 108 cm³/mol. The van der Waals surface area contributed by atoms with Crippen LogP contribution in [0.25, 0.3) is 0 Å². The SMILES string of the molecule is N#CCC1CNC2C(C(=O)NC3CNCCC3OC3CCCCC3)C(N)NN2C1. The molecule has 29 heavy (non-hydrogen) atoms. The first-order valence-corrected chi connectivity index (χ1v) is 11.2. The van der Waals surface area contributed by atoms with Crippen LogP contribution in [0.2, 0.25) is 0 Å². The van der Waals surface area contributed by atoms with Crippen LogP contribution in [0, 0.1) is 23.2 Å². The number of nitrogens with one attached hydrogen (secondary N) is 4. The van der Waals surface area contributed by atoms with Gasteiger partial charge in [-0.15, -0.1) is 0 Å². The molecule has 3 saturated heterocycles. The van der Waals surface area contributed by atoms with Crippen molar-refractivity contribution in [2.24, 2.45) is 17.6 Å². The molecule has 0 aromatic heterocycles. The summed E-state index contributed by atoms with van der Waals surface area (Å²) in [5.74, 6) is -0.168. The van der Waals surface area contributed by atoms with Crippen LogP contribution in [0.4, 0.5) is 0 Å². The van der Waals surface area contributed by atoms with E-state index in [2.05, 4.69) is 27.4 Å². The number of nitrogens with two attached hydrogens (primary N) is 1. The van der Waals surface area contributed by atoms with Crippen molar-refractivity contribution in [3.05, 3.63) is 0 Å². The molecule has 0 spiro atoms. The van der Waals surface area contributed by atoms with Gasteiger partial charge in [-0.2, -0.15) is 5.26 Å². The van der Waals surface area contributed by atoms with Gasteiger partial charge in [0, 0.05) is 26.1 Å². The number of hydrogen-bond acceptors (Lipinski definition) is 8. The van der Waals surface area contributed by atoms with Crippen LogP contribution in [-0.2, 0) is 9.53 Å². The predicted octanol–water partition coefficient (Wildman–Crippen LogP) is -0.637. The van der Waals surface area contributed by atoms with E-state index in [1.807, 2.05) is 5.01 Å². The maximum atomic E-state index is 13.2. The minimum atomic E-state index is -0.442. The quantitative estimate of drug-likeness (QED) is 0.409. The third-order valence-corrected chi connectivity index (χ3v) is 6.80. The minimum absolute atomic E-state index is 0.0327. The van der Waals surface area contributed by atoms with Crippen molar-refractivity contribution in [3.63, 3.8) is 0 Å². The van der Waals surface area contributed by atoms with Crippen LogP contribution in [0.5, 0.6) is 0 Å². The lowest BCUT2D eigenvalue weighted by Crippen LogP contribution is -2.61. The smallest absolute Gasteiger partial charge is 0.229 e. The first kappa shape index (κ1) is 21.0. The van der Waals surface area contributed by atoms with E-state index < -0.39 is 6.17 Å². The van der Waals surface area contributed by atoms with Gasteiger partial charge in [0.05, 0.1) is 42.6 Å². The Labute approximate surface area is 173 Å². The van der Waals surface area contributed by atoms with Crippen molar-refractivity contribution in [1.29, 1.82) is 5.26 Å². The Bertz CT molecular complexity index is 606. The fourth-order valence-electron chi connectivity index (χ4n) is 5.22. The highest BCUT2D eigenvalue weighted by atomic mass is 16.5. The fraction of sp³-hybridized carbons (Fsp3) is 0.900. The Hall–Kier alpha value is -1.28. The second-order valence-corrected chi connectivity index (χ2v) is 8.96. The molecule has 4 fully saturated rings. The number of piperidine rings is 1. The first-order valence-electron chi connectivity index (χ1n) is 11.2. The van der Waals surface area contributed by atoms with Gasteiger partial charge in [0.25, 0.3) is 0 Å². The Morgan fingerprint density at radius 2 is 2.07 bits per heavy atom. The number of carbonyl (C=O) groups is 1. The summed E-state index contributed by atoms with van der Waals surface area (Å²) in [4.78, 5) is 13.2. The number of amides is 1. The third kappa shape index (κ3) is 4.90. The molecule has 0 bridgehead atoms. The monoisotopic (exact) mass is 405 g/mol. The fourth-order valence-corrected chi connectivity index (χ4v) is 5.22. The molecule has 3 heterocycles. The van der Waals surface area contributed by atoms with Gasteiger partial charge in [0.2, 0.25) is 5.91 Å². The van der Waals surface area contributed by atoms with Crippen molar-refractivity contribution in [1.82, 2.24) is 26.4 Å². The van der Waals surface area contributed by atoms with E-state index in [-0.39, 0.29) is 36.1 Å². The Balaban J connectivity index is 1.35. The number of rotatable bonds is 5. The highest BCUT2D eigenvalue weighted by molar-refractivity contribution is 5.80. The van der Waals surface area contributed by atoms with E-state index in [9.17, 15) is 4.79 Å². The zero-order valence-electron chi connectivity index (χ0n) is 17.1. The van der Waals surface area contributed by atoms with Crippen molar-refractivity contribution in [3.8, 4) is 6.07 Å². The Morgan fingerprint density at radius 3 is 2.86 bits per heavy atom. The lowest BCUT2D eigenvalue weighted by atomic mass is 9.95. The van der Waals surface area contributed by atoms with E-state index >= 15 is 0 Å². The molecule has 9 heteroatoms. The molecular weight excluding hydrogens is 370 g/mol. The number of ether oxygens (including phenoxy) is 1. The van der Waals surface area contributed by atoms with Crippen LogP contribution in [-0.4, -0.2) is 67.7 Å². The molecule has 1 aliphatic carbocycles. The lowest BCUT2D eigenvalue weighted by molar-refractivity contribution is -0.130. The number of hydrogen-bond donors (Lipinski definition) is 5. The van der Waals surface area contributed by atoms with Crippen molar-refractivity contribution >= 4 is 5.91 Å². The van der Waals surface area contributed by atoms with Gasteiger partial charge >= 0.3 is 0 Å². The lowest BCUT2D eigenvalue weighted by Gasteiger charge is -2.38. The second kappa shape index (κ2) is 9.69. The number of nitriles is 1. The summed E-state index contributed by atoms with van der Waals surface area (Å²) in [5.41, 5.74) is 9.50. The van der Waals surface area contributed by atoms with Crippen LogP contribution >= 0.6 is 0 Å². The summed E-state index contributed by atoms with van der Waals surface area (Å²) in [6.07, 6.45) is 7.27. The molecule has 1 amide bonds. The summed E-state index contributed by atoms with van der Waals surface area (Å²) in [5, 5.41) is 21.0. The van der Waals surface area contributed by atoms with E-state index in [4.69, 9.17) is 15.7 Å². The zero-order chi connectivity index (χ0) is 20.2. The highest BCUT2D eigenvalue weighted by Crippen LogP contribution is 2.26. The summed E-state index contributed by atoms with van der Waals surface area (Å²) in [6.45, 7) is 3.10. The molecule has 1 saturated carbocycles. The molecule has 6 N–H and O–H groups in total. The molecule has 0 aromatic carbocycles. The van der Waals surface area contributed by atoms with Gasteiger partial charge in [-0.3, -0.25) is 10.1 Å². The van der Waals surface area contributed by atoms with Gasteiger partial charge < -0.3 is 21.1 Å². The summed E-state index contributed by atoms with van der Waals surface area (Å²) in [6, 6.07) is 2.20. The summed E-state index contributed by atoms with van der Waals surface area (Å²) in [7, 11) is 0. The Kier molecular flexibility index (Phi) is 7.00. The zero-order valence-corrected chi connectivity index (χ0v) is 17.1. The van der Waals surface area contributed by atoms with Gasteiger partial charge in [-0.25, -0.2) is 10.4 Å². The topological polar surface area (TPSA) is 127 Å². The standard InChI is InChI=1S/C20H35N7O2/c21-8-6-13-10-24-19-17(18(22)26-27(19)12-13)20(28)25-15-11-23-9-7-16(15)29-14-4-2-1-3-5-14/h13-19,23-24,26H,1-7,9-12,22H2,(H,25,28). The average Bonchev–Trinajstić information content (AvgIpc) is 3.05. The van der Waals surface area contributed by atoms with Gasteiger partial charge in [0.1, 0.15) is 0 Å². The molecule has 3 aliphatic heterocycles. The average molecular weight is 406 g/mol. The molecule has 6 unspecified atom stereocenters. The number of hydrazine groups is 1. The van der Waals surface area contributed by atoms with Crippen molar-refractivity contribution < 1.29 is 9.53 Å². The molecule has 162 valence electrons. The molecular formula is C20H35N7O2. The second-order valence-electron chi connectivity index (χ2n) is 8.96. The van der Waals surface area contributed by atoms with E-state index in [1.165, 1.54) is 19.3 Å². The maximum Gasteiger partial charge on any atom is 0.229 e. The number of carbonyl (C=O) groups excluding carboxylic acids is 1.